The minimum absolute atomic E-state index is 0.0292. The van der Waals surface area contributed by atoms with Crippen LogP contribution < -0.4 is 5.32 Å². The Bertz CT molecular complexity index is 1110. The van der Waals surface area contributed by atoms with E-state index in [0.717, 1.165) is 12.1 Å². The van der Waals surface area contributed by atoms with E-state index in [1.54, 1.807) is 20.8 Å². The standard InChI is InChI=1S/C21H17Cl4F3N2O3/c1-19(2,3)32-18(31)29-15-6-10(4-5-12(15)22)16-9-20(33-30-16,21(26,27)28)11-7-13(23)17(25)14(24)8-11/h4-8H,9H2,1-3H3,(H,29,31). The first-order valence-corrected chi connectivity index (χ1v) is 10.9. The molecular formula is C21H17Cl4F3N2O3. The lowest BCUT2D eigenvalue weighted by atomic mass is 9.86. The third-order valence-corrected chi connectivity index (χ3v) is 6.10. The molecule has 0 spiro atoms. The van der Waals surface area contributed by atoms with E-state index in [2.05, 4.69) is 10.5 Å². The Hall–Kier alpha value is -1.87. The maximum Gasteiger partial charge on any atom is 0.435 e. The predicted molar refractivity (Wildman–Crippen MR) is 123 cm³/mol. The second-order valence-electron chi connectivity index (χ2n) is 8.21. The number of ether oxygens (including phenoxy) is 1. The second kappa shape index (κ2) is 9.06. The van der Waals surface area contributed by atoms with Crippen LogP contribution in [0.3, 0.4) is 0 Å². The van der Waals surface area contributed by atoms with E-state index in [1.165, 1.54) is 18.2 Å². The highest BCUT2D eigenvalue weighted by atomic mass is 35.5. The van der Waals surface area contributed by atoms with Crippen molar-refractivity contribution >= 4 is 63.9 Å². The van der Waals surface area contributed by atoms with Gasteiger partial charge in [-0.3, -0.25) is 5.32 Å². The van der Waals surface area contributed by atoms with Gasteiger partial charge in [-0.1, -0.05) is 57.6 Å². The zero-order valence-corrected chi connectivity index (χ0v) is 20.4. The van der Waals surface area contributed by atoms with Crippen molar-refractivity contribution in [2.45, 2.75) is 44.6 Å². The molecule has 0 aromatic heterocycles. The van der Waals surface area contributed by atoms with E-state index < -0.39 is 29.9 Å². The van der Waals surface area contributed by atoms with Crippen molar-refractivity contribution in [3.63, 3.8) is 0 Å². The molecule has 0 radical (unpaired) electrons. The van der Waals surface area contributed by atoms with Gasteiger partial charge in [0.05, 0.1) is 31.5 Å². The molecule has 0 fully saturated rings. The van der Waals surface area contributed by atoms with Crippen LogP contribution in [0.2, 0.25) is 20.1 Å². The fourth-order valence-electron chi connectivity index (χ4n) is 3.06. The summed E-state index contributed by atoms with van der Waals surface area (Å²) in [5.41, 5.74) is -3.59. The van der Waals surface area contributed by atoms with Gasteiger partial charge in [0.2, 0.25) is 0 Å². The van der Waals surface area contributed by atoms with Crippen LogP contribution in [0.15, 0.2) is 35.5 Å². The highest BCUT2D eigenvalue weighted by molar-refractivity contribution is 6.48. The van der Waals surface area contributed by atoms with Crippen molar-refractivity contribution < 1.29 is 27.5 Å². The zero-order valence-electron chi connectivity index (χ0n) is 17.4. The van der Waals surface area contributed by atoms with Crippen LogP contribution in [0.5, 0.6) is 0 Å². The summed E-state index contributed by atoms with van der Waals surface area (Å²) in [7, 11) is 0. The molecule has 1 N–H and O–H groups in total. The number of nitrogens with zero attached hydrogens (tertiary/aromatic N) is 1. The number of halogens is 7. The molecular weight excluding hydrogens is 527 g/mol. The molecule has 1 heterocycles. The third kappa shape index (κ3) is 5.45. The SMILES string of the molecule is CC(C)(C)OC(=O)Nc1cc(C2=NOC(c3cc(Cl)c(Cl)c(Cl)c3)(C(F)(F)F)C2)ccc1Cl. The van der Waals surface area contributed by atoms with Crippen molar-refractivity contribution in [2.24, 2.45) is 5.16 Å². The van der Waals surface area contributed by atoms with E-state index in [0.29, 0.717) is 0 Å². The molecule has 3 rings (SSSR count). The summed E-state index contributed by atoms with van der Waals surface area (Å²) in [6.07, 6.45) is -6.33. The van der Waals surface area contributed by atoms with Gasteiger partial charge in [0, 0.05) is 17.5 Å². The summed E-state index contributed by atoms with van der Waals surface area (Å²) in [5, 5.41) is 5.92. The molecule has 0 aliphatic carbocycles. The molecule has 5 nitrogen and oxygen atoms in total. The first-order valence-electron chi connectivity index (χ1n) is 9.40. The zero-order chi connectivity index (χ0) is 24.8. The van der Waals surface area contributed by atoms with Gasteiger partial charge in [-0.25, -0.2) is 4.79 Å². The summed E-state index contributed by atoms with van der Waals surface area (Å²) < 4.78 is 47.8. The van der Waals surface area contributed by atoms with Gasteiger partial charge in [-0.05, 0) is 45.0 Å². The number of oxime groups is 1. The van der Waals surface area contributed by atoms with Crippen molar-refractivity contribution in [3.8, 4) is 0 Å². The number of anilines is 1. The van der Waals surface area contributed by atoms with Crippen LogP contribution >= 0.6 is 46.4 Å². The quantitative estimate of drug-likeness (QED) is 0.396. The minimum Gasteiger partial charge on any atom is -0.444 e. The smallest absolute Gasteiger partial charge is 0.435 e. The molecule has 1 aliphatic heterocycles. The van der Waals surface area contributed by atoms with E-state index in [4.69, 9.17) is 56.0 Å². The molecule has 0 bridgehead atoms. The fourth-order valence-corrected chi connectivity index (χ4v) is 3.82. The molecule has 2 aromatic carbocycles. The molecule has 12 heteroatoms. The monoisotopic (exact) mass is 542 g/mol. The normalized spacial score (nSPS) is 18.5. The van der Waals surface area contributed by atoms with E-state index in [1.807, 2.05) is 0 Å². The number of nitrogens with one attached hydrogen (secondary N) is 1. The average Bonchev–Trinajstić information content (AvgIpc) is 3.13. The van der Waals surface area contributed by atoms with Crippen molar-refractivity contribution in [2.75, 3.05) is 5.32 Å². The number of amides is 1. The number of carbonyl (C=O) groups is 1. The van der Waals surface area contributed by atoms with Gasteiger partial charge in [-0.2, -0.15) is 13.2 Å². The summed E-state index contributed by atoms with van der Waals surface area (Å²) in [6.45, 7) is 5.05. The number of hydrogen-bond donors (Lipinski definition) is 1. The summed E-state index contributed by atoms with van der Waals surface area (Å²) in [6, 6.07) is 6.33. The van der Waals surface area contributed by atoms with E-state index >= 15 is 0 Å². The third-order valence-electron chi connectivity index (χ3n) is 4.57. The van der Waals surface area contributed by atoms with Crippen molar-refractivity contribution in [3.05, 3.63) is 61.5 Å². The molecule has 1 atom stereocenters. The molecule has 0 saturated heterocycles. The fraction of sp³-hybridized carbons (Fsp3) is 0.333. The maximum absolute atomic E-state index is 14.2. The number of alkyl halides is 3. The lowest BCUT2D eigenvalue weighted by molar-refractivity contribution is -0.275. The summed E-state index contributed by atoms with van der Waals surface area (Å²) in [5.74, 6) is 0. The van der Waals surface area contributed by atoms with Crippen LogP contribution in [-0.4, -0.2) is 23.6 Å². The van der Waals surface area contributed by atoms with Crippen LogP contribution in [0.25, 0.3) is 0 Å². The second-order valence-corrected chi connectivity index (χ2v) is 9.81. The largest absolute Gasteiger partial charge is 0.444 e. The van der Waals surface area contributed by atoms with Gasteiger partial charge in [-0.15, -0.1) is 0 Å². The van der Waals surface area contributed by atoms with Gasteiger partial charge in [0.25, 0.3) is 5.60 Å². The Morgan fingerprint density at radius 1 is 1.06 bits per heavy atom. The molecule has 0 saturated carbocycles. The number of benzene rings is 2. The van der Waals surface area contributed by atoms with Gasteiger partial charge in [0.1, 0.15) is 5.60 Å². The molecule has 1 aliphatic rings. The Balaban J connectivity index is 1.94. The van der Waals surface area contributed by atoms with Gasteiger partial charge in [0.15, 0.2) is 0 Å². The molecule has 1 amide bonds. The number of rotatable bonds is 3. The summed E-state index contributed by atoms with van der Waals surface area (Å²) in [4.78, 5) is 17.1. The van der Waals surface area contributed by atoms with Gasteiger partial charge < -0.3 is 9.57 Å². The first kappa shape index (κ1) is 25.7. The minimum atomic E-state index is -4.87. The highest BCUT2D eigenvalue weighted by Crippen LogP contribution is 2.50. The molecule has 178 valence electrons. The number of carbonyl (C=O) groups excluding carboxylic acids is 1. The predicted octanol–water partition coefficient (Wildman–Crippen LogP) is 8.23. The first-order chi connectivity index (χ1) is 15.1. The lowest BCUT2D eigenvalue weighted by Crippen LogP contribution is -2.42. The van der Waals surface area contributed by atoms with Crippen LogP contribution in [0.4, 0.5) is 23.7 Å². The Labute approximate surface area is 207 Å². The van der Waals surface area contributed by atoms with Crippen molar-refractivity contribution in [1.82, 2.24) is 0 Å². The van der Waals surface area contributed by atoms with Crippen molar-refractivity contribution in [1.29, 1.82) is 0 Å². The average molecular weight is 544 g/mol. The molecule has 2 aromatic rings. The van der Waals surface area contributed by atoms with E-state index in [-0.39, 0.29) is 42.6 Å². The Morgan fingerprint density at radius 3 is 2.21 bits per heavy atom. The Kier molecular flexibility index (Phi) is 7.07. The highest BCUT2D eigenvalue weighted by Gasteiger charge is 2.62. The van der Waals surface area contributed by atoms with Gasteiger partial charge >= 0.3 is 12.3 Å². The maximum atomic E-state index is 14.2. The Morgan fingerprint density at radius 2 is 1.67 bits per heavy atom. The van der Waals surface area contributed by atoms with Crippen LogP contribution in [-0.2, 0) is 15.2 Å². The molecule has 1 unspecified atom stereocenters. The van der Waals surface area contributed by atoms with E-state index in [9.17, 15) is 18.0 Å². The molecule has 33 heavy (non-hydrogen) atoms. The lowest BCUT2D eigenvalue weighted by Gasteiger charge is -2.30. The topological polar surface area (TPSA) is 59.9 Å². The van der Waals surface area contributed by atoms with Crippen LogP contribution in [0.1, 0.15) is 38.3 Å². The number of hydrogen-bond acceptors (Lipinski definition) is 4. The summed E-state index contributed by atoms with van der Waals surface area (Å²) >= 11 is 23.9. The van der Waals surface area contributed by atoms with Crippen LogP contribution in [0, 0.1) is 0 Å².